The lowest BCUT2D eigenvalue weighted by Crippen LogP contribution is -2.19. The minimum atomic E-state index is -3.61. The average Bonchev–Trinajstić information content (AvgIpc) is 3.07. The zero-order valence-electron chi connectivity index (χ0n) is 13.5. The molecule has 1 saturated heterocycles. The second kappa shape index (κ2) is 7.19. The summed E-state index contributed by atoms with van der Waals surface area (Å²) >= 11 is 0. The standard InChI is InChI=1S/C17H21N3O3S/c1-13-5-2-3-7-16(13)24(21,22)20-14-8-9-17(18-11-14)19-12-15-6-4-10-23-15/h2-3,5,7-9,11,15,20H,4,6,10,12H2,1H3,(H,18,19). The fourth-order valence-corrected chi connectivity index (χ4v) is 3.94. The maximum Gasteiger partial charge on any atom is 0.262 e. The first-order chi connectivity index (χ1) is 11.5. The zero-order valence-corrected chi connectivity index (χ0v) is 14.3. The van der Waals surface area contributed by atoms with Gasteiger partial charge in [-0.15, -0.1) is 0 Å². The predicted molar refractivity (Wildman–Crippen MR) is 93.7 cm³/mol. The molecule has 6 nitrogen and oxygen atoms in total. The molecule has 1 aliphatic heterocycles. The van der Waals surface area contributed by atoms with Crippen LogP contribution in [0.3, 0.4) is 0 Å². The Labute approximate surface area is 142 Å². The molecule has 1 aromatic carbocycles. The van der Waals surface area contributed by atoms with Crippen LogP contribution in [0.4, 0.5) is 11.5 Å². The van der Waals surface area contributed by atoms with E-state index in [0.29, 0.717) is 23.6 Å². The Morgan fingerprint density at radius 3 is 2.75 bits per heavy atom. The van der Waals surface area contributed by atoms with Crippen LogP contribution in [0.15, 0.2) is 47.5 Å². The second-order valence-electron chi connectivity index (χ2n) is 5.82. The lowest BCUT2D eigenvalue weighted by atomic mass is 10.2. The zero-order chi connectivity index (χ0) is 17.0. The topological polar surface area (TPSA) is 80.3 Å². The molecule has 2 heterocycles. The van der Waals surface area contributed by atoms with Gasteiger partial charge in [0.1, 0.15) is 5.82 Å². The SMILES string of the molecule is Cc1ccccc1S(=O)(=O)Nc1ccc(NCC2CCCO2)nc1. The van der Waals surface area contributed by atoms with E-state index in [2.05, 4.69) is 15.0 Å². The summed E-state index contributed by atoms with van der Waals surface area (Å²) in [7, 11) is -3.61. The van der Waals surface area contributed by atoms with E-state index in [1.54, 1.807) is 37.3 Å². The number of aryl methyl sites for hydroxylation is 1. The first-order valence-corrected chi connectivity index (χ1v) is 9.43. The van der Waals surface area contributed by atoms with Gasteiger partial charge in [0, 0.05) is 13.2 Å². The van der Waals surface area contributed by atoms with Crippen LogP contribution in [-0.4, -0.2) is 32.7 Å². The number of aromatic nitrogens is 1. The molecule has 1 unspecified atom stereocenters. The molecule has 1 fully saturated rings. The number of anilines is 2. The van der Waals surface area contributed by atoms with E-state index < -0.39 is 10.0 Å². The molecule has 128 valence electrons. The average molecular weight is 347 g/mol. The van der Waals surface area contributed by atoms with Crippen molar-refractivity contribution in [1.82, 2.24) is 4.98 Å². The molecule has 0 bridgehead atoms. The van der Waals surface area contributed by atoms with E-state index in [-0.39, 0.29) is 11.0 Å². The van der Waals surface area contributed by atoms with Crippen LogP contribution in [0, 0.1) is 6.92 Å². The molecule has 2 aromatic rings. The monoisotopic (exact) mass is 347 g/mol. The summed E-state index contributed by atoms with van der Waals surface area (Å²) in [5, 5.41) is 3.20. The van der Waals surface area contributed by atoms with Gasteiger partial charge in [0.2, 0.25) is 0 Å². The van der Waals surface area contributed by atoms with Crippen molar-refractivity contribution in [3.05, 3.63) is 48.2 Å². The fraction of sp³-hybridized carbons (Fsp3) is 0.353. The largest absolute Gasteiger partial charge is 0.376 e. The summed E-state index contributed by atoms with van der Waals surface area (Å²) in [5.41, 5.74) is 1.13. The van der Waals surface area contributed by atoms with Crippen LogP contribution < -0.4 is 10.0 Å². The summed E-state index contributed by atoms with van der Waals surface area (Å²) in [4.78, 5) is 4.52. The highest BCUT2D eigenvalue weighted by Gasteiger charge is 2.17. The Morgan fingerprint density at radius 2 is 2.08 bits per heavy atom. The van der Waals surface area contributed by atoms with Crippen LogP contribution in [0.1, 0.15) is 18.4 Å². The van der Waals surface area contributed by atoms with Crippen LogP contribution in [0.25, 0.3) is 0 Å². The molecule has 2 N–H and O–H groups in total. The molecular weight excluding hydrogens is 326 g/mol. The maximum absolute atomic E-state index is 12.4. The normalized spacial score (nSPS) is 17.6. The van der Waals surface area contributed by atoms with Gasteiger partial charge < -0.3 is 10.1 Å². The maximum atomic E-state index is 12.4. The Morgan fingerprint density at radius 1 is 1.25 bits per heavy atom. The number of ether oxygens (including phenoxy) is 1. The van der Waals surface area contributed by atoms with Gasteiger partial charge >= 0.3 is 0 Å². The lowest BCUT2D eigenvalue weighted by molar-refractivity contribution is 0.120. The third kappa shape index (κ3) is 4.04. The van der Waals surface area contributed by atoms with Crippen LogP contribution in [0.2, 0.25) is 0 Å². The Balaban J connectivity index is 1.64. The van der Waals surface area contributed by atoms with Crippen molar-refractivity contribution in [3.8, 4) is 0 Å². The molecule has 0 saturated carbocycles. The van der Waals surface area contributed by atoms with Crippen molar-refractivity contribution in [2.75, 3.05) is 23.2 Å². The first kappa shape index (κ1) is 16.7. The quantitative estimate of drug-likeness (QED) is 0.840. The highest BCUT2D eigenvalue weighted by molar-refractivity contribution is 7.92. The van der Waals surface area contributed by atoms with Crippen molar-refractivity contribution < 1.29 is 13.2 Å². The molecule has 1 atom stereocenters. The number of nitrogens with one attached hydrogen (secondary N) is 2. The van der Waals surface area contributed by atoms with E-state index in [0.717, 1.165) is 19.4 Å². The van der Waals surface area contributed by atoms with E-state index in [9.17, 15) is 8.42 Å². The molecule has 24 heavy (non-hydrogen) atoms. The van der Waals surface area contributed by atoms with E-state index in [1.165, 1.54) is 6.20 Å². The summed E-state index contributed by atoms with van der Waals surface area (Å²) in [5.74, 6) is 0.698. The molecule has 0 spiro atoms. The smallest absolute Gasteiger partial charge is 0.262 e. The number of nitrogens with zero attached hydrogens (tertiary/aromatic N) is 1. The number of rotatable bonds is 6. The number of benzene rings is 1. The van der Waals surface area contributed by atoms with Gasteiger partial charge in [0.15, 0.2) is 0 Å². The summed E-state index contributed by atoms with van der Waals surface area (Å²) < 4.78 is 33.0. The molecule has 0 amide bonds. The third-order valence-electron chi connectivity index (χ3n) is 3.93. The van der Waals surface area contributed by atoms with Crippen LogP contribution >= 0.6 is 0 Å². The molecule has 0 aliphatic carbocycles. The van der Waals surface area contributed by atoms with Gasteiger partial charge in [-0.3, -0.25) is 4.72 Å². The van der Waals surface area contributed by atoms with Gasteiger partial charge in [0.25, 0.3) is 10.0 Å². The van der Waals surface area contributed by atoms with E-state index >= 15 is 0 Å². The number of hydrogen-bond acceptors (Lipinski definition) is 5. The number of pyridine rings is 1. The summed E-state index contributed by atoms with van der Waals surface area (Å²) in [6.07, 6.45) is 3.89. The Kier molecular flexibility index (Phi) is 5.01. The van der Waals surface area contributed by atoms with Crippen molar-refractivity contribution in [3.63, 3.8) is 0 Å². The van der Waals surface area contributed by atoms with Gasteiger partial charge in [-0.2, -0.15) is 0 Å². The van der Waals surface area contributed by atoms with Gasteiger partial charge in [0.05, 0.1) is 22.9 Å². The predicted octanol–water partition coefficient (Wildman–Crippen LogP) is 2.78. The molecule has 3 rings (SSSR count). The van der Waals surface area contributed by atoms with E-state index in [1.807, 2.05) is 6.07 Å². The van der Waals surface area contributed by atoms with Crippen molar-refractivity contribution in [2.45, 2.75) is 30.8 Å². The third-order valence-corrected chi connectivity index (χ3v) is 5.48. The molecule has 0 radical (unpaired) electrons. The van der Waals surface area contributed by atoms with Gasteiger partial charge in [-0.05, 0) is 43.5 Å². The minimum absolute atomic E-state index is 0.228. The molecule has 7 heteroatoms. The molecule has 1 aromatic heterocycles. The highest BCUT2D eigenvalue weighted by atomic mass is 32.2. The summed E-state index contributed by atoms with van der Waals surface area (Å²) in [6.45, 7) is 3.30. The fourth-order valence-electron chi connectivity index (χ4n) is 2.65. The van der Waals surface area contributed by atoms with Crippen molar-refractivity contribution in [1.29, 1.82) is 0 Å². The van der Waals surface area contributed by atoms with Gasteiger partial charge in [-0.1, -0.05) is 18.2 Å². The first-order valence-electron chi connectivity index (χ1n) is 7.94. The second-order valence-corrected chi connectivity index (χ2v) is 7.47. The number of sulfonamides is 1. The Hall–Kier alpha value is -2.12. The van der Waals surface area contributed by atoms with Crippen LogP contribution in [0.5, 0.6) is 0 Å². The van der Waals surface area contributed by atoms with Gasteiger partial charge in [-0.25, -0.2) is 13.4 Å². The van der Waals surface area contributed by atoms with Crippen molar-refractivity contribution >= 4 is 21.5 Å². The minimum Gasteiger partial charge on any atom is -0.376 e. The lowest BCUT2D eigenvalue weighted by Gasteiger charge is -2.12. The highest BCUT2D eigenvalue weighted by Crippen LogP contribution is 2.19. The summed E-state index contributed by atoms with van der Waals surface area (Å²) in [6, 6.07) is 10.3. The van der Waals surface area contributed by atoms with Crippen molar-refractivity contribution in [2.24, 2.45) is 0 Å². The van der Waals surface area contributed by atoms with E-state index in [4.69, 9.17) is 4.74 Å². The Bertz CT molecular complexity index is 785. The van der Waals surface area contributed by atoms with Crippen LogP contribution in [-0.2, 0) is 14.8 Å². The molecule has 1 aliphatic rings. The molecular formula is C17H21N3O3S. The number of hydrogen-bond donors (Lipinski definition) is 2.